The van der Waals surface area contributed by atoms with E-state index in [1.165, 1.54) is 0 Å². The molecule has 2 N–H and O–H groups in total. The largest absolute Gasteiger partial charge is 0.484 e. The average Bonchev–Trinajstić information content (AvgIpc) is 2.67. The van der Waals surface area contributed by atoms with Crippen LogP contribution >= 0.6 is 0 Å². The molecular weight excluding hydrogens is 346 g/mol. The maximum absolute atomic E-state index is 12.2. The Kier molecular flexibility index (Phi) is 7.64. The van der Waals surface area contributed by atoms with Gasteiger partial charge in [0.05, 0.1) is 0 Å². The first-order valence-corrected chi connectivity index (χ1v) is 9.47. The molecule has 0 saturated carbocycles. The summed E-state index contributed by atoms with van der Waals surface area (Å²) < 4.78 is 5.44. The minimum Gasteiger partial charge on any atom is -0.484 e. The van der Waals surface area contributed by atoms with E-state index in [0.29, 0.717) is 38.1 Å². The Morgan fingerprint density at radius 3 is 2.44 bits per heavy atom. The molecule has 1 aliphatic rings. The lowest BCUT2D eigenvalue weighted by atomic mass is 9.96. The van der Waals surface area contributed by atoms with Gasteiger partial charge in [-0.1, -0.05) is 13.0 Å². The summed E-state index contributed by atoms with van der Waals surface area (Å²) in [7, 11) is 0. The van der Waals surface area contributed by atoms with Gasteiger partial charge in [-0.15, -0.1) is 0 Å². The van der Waals surface area contributed by atoms with Gasteiger partial charge in [0, 0.05) is 25.4 Å². The van der Waals surface area contributed by atoms with Gasteiger partial charge in [-0.2, -0.15) is 0 Å². The molecule has 0 aromatic heterocycles. The van der Waals surface area contributed by atoms with Crippen molar-refractivity contribution >= 4 is 17.7 Å². The van der Waals surface area contributed by atoms with Crippen molar-refractivity contribution < 1.29 is 19.1 Å². The van der Waals surface area contributed by atoms with Crippen LogP contribution in [0, 0.1) is 19.8 Å². The van der Waals surface area contributed by atoms with E-state index in [1.807, 2.05) is 43.9 Å². The molecule has 1 saturated heterocycles. The molecule has 0 unspecified atom stereocenters. The Hall–Kier alpha value is -2.57. The SMILES string of the molecule is CCCC(=O)N1CCC(C(=O)NNC(=O)COc2ccc(C)c(C)c2)CC1. The number of likely N-dealkylation sites (tertiary alicyclic amines) is 1. The van der Waals surface area contributed by atoms with Crippen LogP contribution in [0.15, 0.2) is 18.2 Å². The number of amides is 3. The monoisotopic (exact) mass is 375 g/mol. The third kappa shape index (κ3) is 6.27. The molecule has 1 aliphatic heterocycles. The third-order valence-electron chi connectivity index (χ3n) is 4.86. The van der Waals surface area contributed by atoms with E-state index in [1.54, 1.807) is 0 Å². The summed E-state index contributed by atoms with van der Waals surface area (Å²) >= 11 is 0. The first-order chi connectivity index (χ1) is 12.9. The molecule has 0 spiro atoms. The summed E-state index contributed by atoms with van der Waals surface area (Å²) in [6.07, 6.45) is 2.59. The number of hydrogen-bond donors (Lipinski definition) is 2. The normalized spacial score (nSPS) is 14.6. The molecule has 0 aliphatic carbocycles. The minimum atomic E-state index is -0.419. The zero-order chi connectivity index (χ0) is 19.8. The fourth-order valence-electron chi connectivity index (χ4n) is 2.99. The van der Waals surface area contributed by atoms with Crippen LogP contribution < -0.4 is 15.6 Å². The summed E-state index contributed by atoms with van der Waals surface area (Å²) in [4.78, 5) is 37.7. The van der Waals surface area contributed by atoms with Crippen LogP contribution in [-0.4, -0.2) is 42.3 Å². The van der Waals surface area contributed by atoms with Crippen molar-refractivity contribution in [1.82, 2.24) is 15.8 Å². The van der Waals surface area contributed by atoms with E-state index in [2.05, 4.69) is 10.9 Å². The predicted molar refractivity (Wildman–Crippen MR) is 102 cm³/mol. The number of ether oxygens (including phenoxy) is 1. The minimum absolute atomic E-state index is 0.146. The summed E-state index contributed by atoms with van der Waals surface area (Å²) in [5.74, 6) is -0.0808. The fraction of sp³-hybridized carbons (Fsp3) is 0.550. The highest BCUT2D eigenvalue weighted by Crippen LogP contribution is 2.18. The topological polar surface area (TPSA) is 87.7 Å². The van der Waals surface area contributed by atoms with Crippen LogP contribution in [0.3, 0.4) is 0 Å². The van der Waals surface area contributed by atoms with Gasteiger partial charge in [-0.05, 0) is 56.4 Å². The summed E-state index contributed by atoms with van der Waals surface area (Å²) in [6, 6.07) is 5.61. The molecule has 1 aromatic rings. The van der Waals surface area contributed by atoms with Crippen molar-refractivity contribution in [3.63, 3.8) is 0 Å². The van der Waals surface area contributed by atoms with Crippen LogP contribution in [0.5, 0.6) is 5.75 Å². The third-order valence-corrected chi connectivity index (χ3v) is 4.86. The second-order valence-corrected chi connectivity index (χ2v) is 6.98. The van der Waals surface area contributed by atoms with Crippen LogP contribution in [0.2, 0.25) is 0 Å². The zero-order valence-electron chi connectivity index (χ0n) is 16.3. The van der Waals surface area contributed by atoms with E-state index in [4.69, 9.17) is 4.74 Å². The summed E-state index contributed by atoms with van der Waals surface area (Å²) in [5, 5.41) is 0. The van der Waals surface area contributed by atoms with E-state index in [0.717, 1.165) is 17.5 Å². The second kappa shape index (κ2) is 9.94. The number of carbonyl (C=O) groups excluding carboxylic acids is 3. The number of rotatable bonds is 6. The van der Waals surface area contributed by atoms with Crippen molar-refractivity contribution in [3.05, 3.63) is 29.3 Å². The Morgan fingerprint density at radius 1 is 1.11 bits per heavy atom. The van der Waals surface area contributed by atoms with Gasteiger partial charge in [-0.3, -0.25) is 25.2 Å². The maximum atomic E-state index is 12.2. The molecule has 7 nitrogen and oxygen atoms in total. The first kappa shape index (κ1) is 20.7. The highest BCUT2D eigenvalue weighted by Gasteiger charge is 2.27. The molecule has 1 aromatic carbocycles. The smallest absolute Gasteiger partial charge is 0.276 e. The van der Waals surface area contributed by atoms with Gasteiger partial charge >= 0.3 is 0 Å². The van der Waals surface area contributed by atoms with E-state index >= 15 is 0 Å². The van der Waals surface area contributed by atoms with Gasteiger partial charge in [0.25, 0.3) is 5.91 Å². The molecule has 0 atom stereocenters. The van der Waals surface area contributed by atoms with Gasteiger partial charge < -0.3 is 9.64 Å². The van der Waals surface area contributed by atoms with Gasteiger partial charge in [0.2, 0.25) is 11.8 Å². The summed E-state index contributed by atoms with van der Waals surface area (Å²) in [6.45, 7) is 6.95. The lowest BCUT2D eigenvalue weighted by Gasteiger charge is -2.31. The quantitative estimate of drug-likeness (QED) is 0.743. The molecule has 0 radical (unpaired) electrons. The molecule has 3 amide bonds. The molecule has 1 heterocycles. The van der Waals surface area contributed by atoms with E-state index in [9.17, 15) is 14.4 Å². The number of carbonyl (C=O) groups is 3. The maximum Gasteiger partial charge on any atom is 0.276 e. The standard InChI is InChI=1S/C20H29N3O4/c1-4-5-19(25)23-10-8-16(9-11-23)20(26)22-21-18(24)13-27-17-7-6-14(2)15(3)12-17/h6-7,12,16H,4-5,8-11,13H2,1-3H3,(H,21,24)(H,22,26). The van der Waals surface area contributed by atoms with Crippen LogP contribution in [0.25, 0.3) is 0 Å². The molecule has 7 heteroatoms. The molecule has 0 bridgehead atoms. The number of piperidine rings is 1. The highest BCUT2D eigenvalue weighted by atomic mass is 16.5. The van der Waals surface area contributed by atoms with E-state index < -0.39 is 5.91 Å². The molecule has 27 heavy (non-hydrogen) atoms. The van der Waals surface area contributed by atoms with Crippen molar-refractivity contribution in [1.29, 1.82) is 0 Å². The fourth-order valence-corrected chi connectivity index (χ4v) is 2.99. The predicted octanol–water partition coefficient (Wildman–Crippen LogP) is 1.87. The van der Waals surface area contributed by atoms with Crippen LogP contribution in [-0.2, 0) is 14.4 Å². The van der Waals surface area contributed by atoms with Crippen LogP contribution in [0.1, 0.15) is 43.7 Å². The lowest BCUT2D eigenvalue weighted by molar-refractivity contribution is -0.137. The van der Waals surface area contributed by atoms with Gasteiger partial charge in [0.15, 0.2) is 6.61 Å². The van der Waals surface area contributed by atoms with Crippen molar-refractivity contribution in [2.24, 2.45) is 5.92 Å². The number of hydrazine groups is 1. The van der Waals surface area contributed by atoms with Crippen molar-refractivity contribution in [3.8, 4) is 5.75 Å². The number of nitrogens with one attached hydrogen (secondary N) is 2. The molecule has 148 valence electrons. The first-order valence-electron chi connectivity index (χ1n) is 9.47. The van der Waals surface area contributed by atoms with Crippen molar-refractivity contribution in [2.45, 2.75) is 46.5 Å². The number of hydrogen-bond acceptors (Lipinski definition) is 4. The lowest BCUT2D eigenvalue weighted by Crippen LogP contribution is -2.49. The average molecular weight is 375 g/mol. The Balaban J connectivity index is 1.68. The summed E-state index contributed by atoms with van der Waals surface area (Å²) in [5.41, 5.74) is 7.08. The van der Waals surface area contributed by atoms with E-state index in [-0.39, 0.29) is 24.3 Å². The Morgan fingerprint density at radius 2 is 1.81 bits per heavy atom. The number of nitrogens with zero attached hydrogens (tertiary/aromatic N) is 1. The Bertz CT molecular complexity index is 682. The number of aryl methyl sites for hydroxylation is 2. The van der Waals surface area contributed by atoms with Crippen molar-refractivity contribution in [2.75, 3.05) is 19.7 Å². The van der Waals surface area contributed by atoms with Gasteiger partial charge in [0.1, 0.15) is 5.75 Å². The van der Waals surface area contributed by atoms with Crippen LogP contribution in [0.4, 0.5) is 0 Å². The molecule has 1 fully saturated rings. The van der Waals surface area contributed by atoms with Gasteiger partial charge in [-0.25, -0.2) is 0 Å². The molecular formula is C20H29N3O4. The molecule has 2 rings (SSSR count). The second-order valence-electron chi connectivity index (χ2n) is 6.98. The number of benzene rings is 1. The zero-order valence-corrected chi connectivity index (χ0v) is 16.3. The Labute approximate surface area is 160 Å². The highest BCUT2D eigenvalue weighted by molar-refractivity contribution is 5.84.